The minimum atomic E-state index is 0.273. The van der Waals surface area contributed by atoms with Gasteiger partial charge in [0.2, 0.25) is 0 Å². The second kappa shape index (κ2) is 2.77. The van der Waals surface area contributed by atoms with Crippen LogP contribution in [-0.2, 0) is 5.41 Å². The fourth-order valence-corrected chi connectivity index (χ4v) is 2.85. The lowest BCUT2D eigenvalue weighted by Gasteiger charge is -2.45. The Morgan fingerprint density at radius 3 is 3.00 bits per heavy atom. The van der Waals surface area contributed by atoms with Crippen molar-refractivity contribution in [2.75, 3.05) is 6.54 Å². The first-order chi connectivity index (χ1) is 6.71. The summed E-state index contributed by atoms with van der Waals surface area (Å²) >= 11 is 5.93. The number of hydrogen-bond acceptors (Lipinski definition) is 2. The topological polar surface area (TPSA) is 25.2 Å². The van der Waals surface area contributed by atoms with Crippen LogP contribution in [0.4, 0.5) is 0 Å². The van der Waals surface area contributed by atoms with Crippen molar-refractivity contribution in [1.82, 2.24) is 5.32 Å². The molecule has 1 N–H and O–H groups in total. The third kappa shape index (κ3) is 1.01. The summed E-state index contributed by atoms with van der Waals surface area (Å²) < 4.78 is 5.66. The summed E-state index contributed by atoms with van der Waals surface area (Å²) in [6, 6.07) is 2.35. The van der Waals surface area contributed by atoms with Crippen LogP contribution in [0.2, 0.25) is 5.22 Å². The number of hydrogen-bond donors (Lipinski definition) is 1. The van der Waals surface area contributed by atoms with E-state index < -0.39 is 0 Å². The van der Waals surface area contributed by atoms with Crippen LogP contribution in [0.15, 0.2) is 10.5 Å². The second-order valence-corrected chi connectivity index (χ2v) is 4.94. The van der Waals surface area contributed by atoms with Gasteiger partial charge >= 0.3 is 0 Å². The van der Waals surface area contributed by atoms with Crippen molar-refractivity contribution in [2.45, 2.75) is 37.6 Å². The molecule has 1 fully saturated rings. The summed E-state index contributed by atoms with van der Waals surface area (Å²) in [6.45, 7) is 3.21. The van der Waals surface area contributed by atoms with E-state index in [1.807, 2.05) is 6.07 Å². The van der Waals surface area contributed by atoms with Gasteiger partial charge in [-0.15, -0.1) is 0 Å². The Kier molecular flexibility index (Phi) is 1.74. The predicted octanol–water partition coefficient (Wildman–Crippen LogP) is 3.02. The molecule has 2 nitrogen and oxygen atoms in total. The zero-order valence-electron chi connectivity index (χ0n) is 8.27. The lowest BCUT2D eigenvalue weighted by atomic mass is 9.64. The van der Waals surface area contributed by atoms with Gasteiger partial charge in [-0.05, 0) is 31.4 Å². The first-order valence-corrected chi connectivity index (χ1v) is 5.62. The van der Waals surface area contributed by atoms with Crippen LogP contribution in [0.25, 0.3) is 0 Å². The minimum absolute atomic E-state index is 0.273. The van der Waals surface area contributed by atoms with Crippen LogP contribution in [0, 0.1) is 0 Å². The largest absolute Gasteiger partial charge is 0.449 e. The highest BCUT2D eigenvalue weighted by molar-refractivity contribution is 6.29. The summed E-state index contributed by atoms with van der Waals surface area (Å²) in [6.07, 6.45) is 3.79. The van der Waals surface area contributed by atoms with Crippen LogP contribution in [0.1, 0.15) is 43.6 Å². The number of nitrogens with one attached hydrogen (secondary N) is 1. The fourth-order valence-electron chi connectivity index (χ4n) is 2.66. The Morgan fingerprint density at radius 2 is 2.36 bits per heavy atom. The van der Waals surface area contributed by atoms with Gasteiger partial charge in [0.1, 0.15) is 5.76 Å². The van der Waals surface area contributed by atoms with Gasteiger partial charge in [-0.1, -0.05) is 6.42 Å². The van der Waals surface area contributed by atoms with E-state index in [9.17, 15) is 0 Å². The molecule has 1 aromatic rings. The first kappa shape index (κ1) is 8.81. The Hall–Kier alpha value is -0.470. The van der Waals surface area contributed by atoms with E-state index in [2.05, 4.69) is 12.2 Å². The molecule has 76 valence electrons. The molecule has 3 rings (SSSR count). The molecule has 1 atom stereocenters. The van der Waals surface area contributed by atoms with Crippen LogP contribution in [0.3, 0.4) is 0 Å². The van der Waals surface area contributed by atoms with Crippen LogP contribution >= 0.6 is 11.6 Å². The van der Waals surface area contributed by atoms with Gasteiger partial charge in [-0.3, -0.25) is 0 Å². The van der Waals surface area contributed by atoms with Crippen molar-refractivity contribution in [2.24, 2.45) is 0 Å². The number of halogens is 1. The van der Waals surface area contributed by atoms with Gasteiger partial charge in [0.15, 0.2) is 5.22 Å². The van der Waals surface area contributed by atoms with E-state index in [4.69, 9.17) is 16.0 Å². The predicted molar refractivity (Wildman–Crippen MR) is 55.7 cm³/mol. The van der Waals surface area contributed by atoms with E-state index in [1.165, 1.54) is 24.8 Å². The van der Waals surface area contributed by atoms with Gasteiger partial charge in [0.05, 0.1) is 0 Å². The summed E-state index contributed by atoms with van der Waals surface area (Å²) in [4.78, 5) is 0. The van der Waals surface area contributed by atoms with Crippen molar-refractivity contribution in [3.05, 3.63) is 22.6 Å². The van der Waals surface area contributed by atoms with Crippen LogP contribution < -0.4 is 5.32 Å². The van der Waals surface area contributed by atoms with Gasteiger partial charge in [0, 0.05) is 29.6 Å². The van der Waals surface area contributed by atoms with Gasteiger partial charge < -0.3 is 9.73 Å². The SMILES string of the molecule is CC1NCC2(CCC2)c2oc(Cl)cc21. The summed E-state index contributed by atoms with van der Waals surface area (Å²) in [7, 11) is 0. The molecule has 1 spiro atoms. The third-order valence-corrected chi connectivity index (χ3v) is 3.92. The Morgan fingerprint density at radius 1 is 1.57 bits per heavy atom. The van der Waals surface area contributed by atoms with Crippen molar-refractivity contribution in [3.63, 3.8) is 0 Å². The summed E-state index contributed by atoms with van der Waals surface area (Å²) in [5, 5.41) is 4.06. The number of rotatable bonds is 0. The maximum atomic E-state index is 5.93. The molecule has 1 unspecified atom stereocenters. The molecule has 2 aliphatic rings. The van der Waals surface area contributed by atoms with Crippen LogP contribution in [0.5, 0.6) is 0 Å². The molecule has 1 saturated carbocycles. The second-order valence-electron chi connectivity index (χ2n) is 4.57. The summed E-state index contributed by atoms with van der Waals surface area (Å²) in [5.74, 6) is 1.15. The molecular formula is C11H14ClNO. The average Bonchev–Trinajstić information content (AvgIpc) is 2.45. The molecule has 0 radical (unpaired) electrons. The molecule has 1 aliphatic carbocycles. The molecule has 14 heavy (non-hydrogen) atoms. The molecule has 0 aromatic carbocycles. The monoisotopic (exact) mass is 211 g/mol. The molecular weight excluding hydrogens is 198 g/mol. The van der Waals surface area contributed by atoms with E-state index in [-0.39, 0.29) is 5.41 Å². The molecule has 0 saturated heterocycles. The summed E-state index contributed by atoms with van der Waals surface area (Å²) in [5.41, 5.74) is 1.54. The number of furan rings is 1. The molecule has 3 heteroatoms. The Balaban J connectivity index is 2.11. The maximum absolute atomic E-state index is 5.93. The third-order valence-electron chi connectivity index (χ3n) is 3.74. The van der Waals surface area contributed by atoms with E-state index in [1.54, 1.807) is 0 Å². The Bertz CT molecular complexity index is 367. The van der Waals surface area contributed by atoms with Gasteiger partial charge in [-0.2, -0.15) is 0 Å². The molecule has 1 aliphatic heterocycles. The quantitative estimate of drug-likeness (QED) is 0.714. The molecule has 2 heterocycles. The maximum Gasteiger partial charge on any atom is 0.193 e. The van der Waals surface area contributed by atoms with Crippen molar-refractivity contribution in [3.8, 4) is 0 Å². The molecule has 1 aromatic heterocycles. The van der Waals surface area contributed by atoms with Crippen molar-refractivity contribution in [1.29, 1.82) is 0 Å². The smallest absolute Gasteiger partial charge is 0.193 e. The van der Waals surface area contributed by atoms with E-state index in [0.717, 1.165) is 12.3 Å². The zero-order chi connectivity index (χ0) is 9.76. The normalized spacial score (nSPS) is 28.6. The zero-order valence-corrected chi connectivity index (χ0v) is 9.03. The average molecular weight is 212 g/mol. The highest BCUT2D eigenvalue weighted by Gasteiger charge is 2.46. The van der Waals surface area contributed by atoms with E-state index in [0.29, 0.717) is 11.3 Å². The highest BCUT2D eigenvalue weighted by atomic mass is 35.5. The fraction of sp³-hybridized carbons (Fsp3) is 0.636. The van der Waals surface area contributed by atoms with Crippen molar-refractivity contribution >= 4 is 11.6 Å². The highest BCUT2D eigenvalue weighted by Crippen LogP contribution is 2.49. The van der Waals surface area contributed by atoms with Gasteiger partial charge in [-0.25, -0.2) is 0 Å². The van der Waals surface area contributed by atoms with Crippen molar-refractivity contribution < 1.29 is 4.42 Å². The molecule has 0 amide bonds. The lowest BCUT2D eigenvalue weighted by Crippen LogP contribution is -2.48. The number of fused-ring (bicyclic) bond motifs is 2. The van der Waals surface area contributed by atoms with Gasteiger partial charge in [0.25, 0.3) is 0 Å². The Labute approximate surface area is 88.6 Å². The standard InChI is InChI=1S/C11H14ClNO/c1-7-8-5-9(12)14-10(8)11(6-13-7)3-2-4-11/h5,7,13H,2-4,6H2,1H3. The molecule has 0 bridgehead atoms. The minimum Gasteiger partial charge on any atom is -0.449 e. The van der Waals surface area contributed by atoms with Crippen LogP contribution in [-0.4, -0.2) is 6.54 Å². The lowest BCUT2D eigenvalue weighted by molar-refractivity contribution is 0.170. The first-order valence-electron chi connectivity index (χ1n) is 5.24. The van der Waals surface area contributed by atoms with E-state index >= 15 is 0 Å².